The van der Waals surface area contributed by atoms with Crippen LogP contribution in [0.25, 0.3) is 10.9 Å². The summed E-state index contributed by atoms with van der Waals surface area (Å²) in [4.78, 5) is 23.9. The minimum Gasteiger partial charge on any atom is -0.396 e. The summed E-state index contributed by atoms with van der Waals surface area (Å²) >= 11 is 0. The number of rotatable bonds is 7. The van der Waals surface area contributed by atoms with E-state index in [0.717, 1.165) is 18.4 Å². The zero-order valence-electron chi connectivity index (χ0n) is 13.7. The van der Waals surface area contributed by atoms with Crippen LogP contribution in [0.5, 0.6) is 0 Å². The van der Waals surface area contributed by atoms with E-state index in [1.165, 1.54) is 6.07 Å². The van der Waals surface area contributed by atoms with Crippen LogP contribution in [0.15, 0.2) is 41.3 Å². The molecule has 0 fully saturated rings. The average Bonchev–Trinajstić information content (AvgIpc) is 2.55. The molecule has 0 aliphatic carbocycles. The first-order valence-electron chi connectivity index (χ1n) is 7.89. The molecule has 1 amide bonds. The number of amides is 1. The lowest BCUT2D eigenvalue weighted by Gasteiger charge is -2.21. The molecule has 5 nitrogen and oxygen atoms in total. The van der Waals surface area contributed by atoms with Gasteiger partial charge in [0.1, 0.15) is 6.54 Å². The number of nitrogens with zero attached hydrogens (tertiary/aromatic N) is 1. The highest BCUT2D eigenvalue weighted by molar-refractivity contribution is 5.82. The fraction of sp³-hybridized carbons (Fsp3) is 0.444. The van der Waals surface area contributed by atoms with Gasteiger partial charge in [-0.2, -0.15) is 0 Å². The monoisotopic (exact) mass is 316 g/mol. The van der Waals surface area contributed by atoms with Crippen LogP contribution in [0.2, 0.25) is 0 Å². The first kappa shape index (κ1) is 17.2. The molecule has 0 atom stereocenters. The van der Waals surface area contributed by atoms with Gasteiger partial charge >= 0.3 is 0 Å². The summed E-state index contributed by atoms with van der Waals surface area (Å²) in [6.07, 6.45) is 3.33. The van der Waals surface area contributed by atoms with Crippen molar-refractivity contribution in [2.45, 2.75) is 33.2 Å². The molecule has 0 bridgehead atoms. The quantitative estimate of drug-likeness (QED) is 0.767. The Hall–Kier alpha value is -2.14. The van der Waals surface area contributed by atoms with Gasteiger partial charge in [0.15, 0.2) is 5.43 Å². The second kappa shape index (κ2) is 7.42. The average molecular weight is 316 g/mol. The van der Waals surface area contributed by atoms with Gasteiger partial charge in [0, 0.05) is 30.8 Å². The molecule has 0 unspecified atom stereocenters. The molecule has 0 saturated carbocycles. The van der Waals surface area contributed by atoms with E-state index < -0.39 is 0 Å². The highest BCUT2D eigenvalue weighted by Gasteiger charge is 2.15. The molecule has 0 spiro atoms. The highest BCUT2D eigenvalue weighted by Crippen LogP contribution is 2.20. The summed E-state index contributed by atoms with van der Waals surface area (Å²) in [5, 5.41) is 12.7. The maximum Gasteiger partial charge on any atom is 0.239 e. The molecule has 23 heavy (non-hydrogen) atoms. The van der Waals surface area contributed by atoms with Gasteiger partial charge in [0.05, 0.1) is 5.52 Å². The van der Waals surface area contributed by atoms with E-state index in [2.05, 4.69) is 5.32 Å². The van der Waals surface area contributed by atoms with Gasteiger partial charge in [-0.05, 0) is 30.4 Å². The normalized spacial score (nSPS) is 11.6. The molecule has 2 rings (SSSR count). The van der Waals surface area contributed by atoms with Crippen molar-refractivity contribution in [2.24, 2.45) is 5.41 Å². The van der Waals surface area contributed by atoms with E-state index in [1.54, 1.807) is 16.8 Å². The summed E-state index contributed by atoms with van der Waals surface area (Å²) in [5.74, 6) is -0.0828. The van der Waals surface area contributed by atoms with Crippen molar-refractivity contribution < 1.29 is 9.90 Å². The molecular formula is C18H24N2O3. The summed E-state index contributed by atoms with van der Waals surface area (Å²) in [6.45, 7) is 4.91. The van der Waals surface area contributed by atoms with Gasteiger partial charge in [-0.25, -0.2) is 0 Å². The molecule has 124 valence electrons. The van der Waals surface area contributed by atoms with Crippen molar-refractivity contribution in [3.63, 3.8) is 0 Å². The Balaban J connectivity index is 1.94. The van der Waals surface area contributed by atoms with E-state index in [1.807, 2.05) is 32.0 Å². The first-order valence-corrected chi connectivity index (χ1v) is 7.89. The molecule has 0 saturated heterocycles. The third-order valence-electron chi connectivity index (χ3n) is 3.98. The zero-order valence-corrected chi connectivity index (χ0v) is 13.7. The van der Waals surface area contributed by atoms with Crippen LogP contribution in [0.4, 0.5) is 0 Å². The van der Waals surface area contributed by atoms with E-state index in [4.69, 9.17) is 0 Å². The van der Waals surface area contributed by atoms with E-state index in [9.17, 15) is 14.7 Å². The lowest BCUT2D eigenvalue weighted by atomic mass is 9.89. The number of aliphatic hydroxyl groups excluding tert-OH is 1. The highest BCUT2D eigenvalue weighted by atomic mass is 16.3. The first-order chi connectivity index (χ1) is 10.9. The summed E-state index contributed by atoms with van der Waals surface area (Å²) in [7, 11) is 0. The smallest absolute Gasteiger partial charge is 0.239 e. The molecule has 1 aromatic heterocycles. The molecular weight excluding hydrogens is 292 g/mol. The largest absolute Gasteiger partial charge is 0.396 e. The summed E-state index contributed by atoms with van der Waals surface area (Å²) in [6, 6.07) is 8.76. The van der Waals surface area contributed by atoms with Crippen LogP contribution in [0, 0.1) is 5.41 Å². The molecule has 5 heteroatoms. The van der Waals surface area contributed by atoms with Crippen LogP contribution >= 0.6 is 0 Å². The number of para-hydroxylation sites is 1. The fourth-order valence-electron chi connectivity index (χ4n) is 2.48. The van der Waals surface area contributed by atoms with Crippen LogP contribution < -0.4 is 10.7 Å². The standard InChI is InChI=1S/C18H24N2O3/c1-18(2,13-21)9-5-10-19-17(23)12-20-11-8-16(22)14-6-3-4-7-15(14)20/h3-4,6-8,11,21H,5,9-10,12-13H2,1-2H3,(H,19,23). The number of pyridine rings is 1. The van der Waals surface area contributed by atoms with Gasteiger partial charge in [0.25, 0.3) is 0 Å². The molecule has 2 N–H and O–H groups in total. The molecule has 0 aliphatic heterocycles. The lowest BCUT2D eigenvalue weighted by Crippen LogP contribution is -2.30. The van der Waals surface area contributed by atoms with Crippen molar-refractivity contribution in [1.82, 2.24) is 9.88 Å². The molecule has 1 heterocycles. The number of fused-ring (bicyclic) bond motifs is 1. The predicted molar refractivity (Wildman–Crippen MR) is 91.3 cm³/mol. The third-order valence-corrected chi connectivity index (χ3v) is 3.98. The molecule has 2 aromatic rings. The Morgan fingerprint density at radius 2 is 2.00 bits per heavy atom. The second-order valence-corrected chi connectivity index (χ2v) is 6.60. The zero-order chi connectivity index (χ0) is 16.9. The van der Waals surface area contributed by atoms with E-state index >= 15 is 0 Å². The summed E-state index contributed by atoms with van der Waals surface area (Å²) < 4.78 is 1.78. The summed E-state index contributed by atoms with van der Waals surface area (Å²) in [5.41, 5.74) is 0.611. The second-order valence-electron chi connectivity index (χ2n) is 6.60. The number of carbonyl (C=O) groups excluding carboxylic acids is 1. The van der Waals surface area contributed by atoms with Crippen molar-refractivity contribution in [2.75, 3.05) is 13.2 Å². The number of aromatic nitrogens is 1. The van der Waals surface area contributed by atoms with Crippen LogP contribution in [0.3, 0.4) is 0 Å². The van der Waals surface area contributed by atoms with Crippen molar-refractivity contribution >= 4 is 16.8 Å². The minimum atomic E-state index is -0.111. The van der Waals surface area contributed by atoms with Crippen LogP contribution in [0.1, 0.15) is 26.7 Å². The van der Waals surface area contributed by atoms with Gasteiger partial charge in [-0.1, -0.05) is 26.0 Å². The maximum absolute atomic E-state index is 12.1. The Labute approximate surface area is 135 Å². The van der Waals surface area contributed by atoms with Crippen molar-refractivity contribution in [3.05, 3.63) is 46.8 Å². The van der Waals surface area contributed by atoms with Gasteiger partial charge in [0.2, 0.25) is 5.91 Å². The number of benzene rings is 1. The fourth-order valence-corrected chi connectivity index (χ4v) is 2.48. The van der Waals surface area contributed by atoms with Crippen LogP contribution in [-0.4, -0.2) is 28.7 Å². The van der Waals surface area contributed by atoms with Gasteiger partial charge < -0.3 is 15.0 Å². The lowest BCUT2D eigenvalue weighted by molar-refractivity contribution is -0.121. The van der Waals surface area contributed by atoms with Gasteiger partial charge in [-0.3, -0.25) is 9.59 Å². The topological polar surface area (TPSA) is 71.3 Å². The van der Waals surface area contributed by atoms with E-state index in [-0.39, 0.29) is 29.9 Å². The third kappa shape index (κ3) is 4.66. The Morgan fingerprint density at radius 1 is 1.26 bits per heavy atom. The number of hydrogen-bond donors (Lipinski definition) is 2. The van der Waals surface area contributed by atoms with Crippen LogP contribution in [-0.2, 0) is 11.3 Å². The molecule has 1 aromatic carbocycles. The van der Waals surface area contributed by atoms with Gasteiger partial charge in [-0.15, -0.1) is 0 Å². The minimum absolute atomic E-state index is 0.0384. The predicted octanol–water partition coefficient (Wildman–Crippen LogP) is 1.92. The molecule has 0 radical (unpaired) electrons. The number of carbonyl (C=O) groups is 1. The Bertz CT molecular complexity index is 734. The Kier molecular flexibility index (Phi) is 5.55. The molecule has 0 aliphatic rings. The maximum atomic E-state index is 12.1. The Morgan fingerprint density at radius 3 is 2.74 bits per heavy atom. The number of hydrogen-bond acceptors (Lipinski definition) is 3. The number of aliphatic hydroxyl groups is 1. The SMILES string of the molecule is CC(C)(CO)CCCNC(=O)Cn1ccc(=O)c2ccccc21. The number of nitrogens with one attached hydrogen (secondary N) is 1. The van der Waals surface area contributed by atoms with Crippen molar-refractivity contribution in [3.8, 4) is 0 Å². The van der Waals surface area contributed by atoms with Crippen molar-refractivity contribution in [1.29, 1.82) is 0 Å². The van der Waals surface area contributed by atoms with E-state index in [0.29, 0.717) is 11.9 Å².